The van der Waals surface area contributed by atoms with E-state index in [9.17, 15) is 4.79 Å². The molecule has 1 aromatic rings. The van der Waals surface area contributed by atoms with E-state index in [1.165, 1.54) is 0 Å². The number of hydrogen-bond donors (Lipinski definition) is 1. The summed E-state index contributed by atoms with van der Waals surface area (Å²) in [5, 5.41) is 3.37. The van der Waals surface area contributed by atoms with E-state index >= 15 is 0 Å². The van der Waals surface area contributed by atoms with Crippen LogP contribution in [-0.4, -0.2) is 23.5 Å². The second-order valence-corrected chi connectivity index (χ2v) is 6.21. The van der Waals surface area contributed by atoms with Crippen molar-refractivity contribution >= 4 is 5.91 Å². The summed E-state index contributed by atoms with van der Waals surface area (Å²) in [5.74, 6) is 0.184. The van der Waals surface area contributed by atoms with Gasteiger partial charge in [-0.2, -0.15) is 0 Å². The SMILES string of the molecule is CC1NC(c2ccccc2)C(=O)N1CC(C)(C)C. The van der Waals surface area contributed by atoms with Crippen molar-refractivity contribution in [1.82, 2.24) is 10.2 Å². The fourth-order valence-electron chi connectivity index (χ4n) is 2.37. The summed E-state index contributed by atoms with van der Waals surface area (Å²) in [4.78, 5) is 14.4. The molecule has 0 bridgehead atoms. The third-order valence-electron chi connectivity index (χ3n) is 3.18. The Morgan fingerprint density at radius 1 is 1.22 bits per heavy atom. The maximum Gasteiger partial charge on any atom is 0.245 e. The van der Waals surface area contributed by atoms with Crippen molar-refractivity contribution in [2.45, 2.75) is 39.9 Å². The molecule has 1 aliphatic heterocycles. The zero-order valence-corrected chi connectivity index (χ0v) is 11.6. The van der Waals surface area contributed by atoms with Gasteiger partial charge in [0, 0.05) is 6.54 Å². The monoisotopic (exact) mass is 246 g/mol. The molecule has 3 heteroatoms. The van der Waals surface area contributed by atoms with Crippen LogP contribution in [0.4, 0.5) is 0 Å². The normalized spacial score (nSPS) is 24.7. The molecule has 0 radical (unpaired) electrons. The molecule has 0 aliphatic carbocycles. The summed E-state index contributed by atoms with van der Waals surface area (Å²) in [7, 11) is 0. The second kappa shape index (κ2) is 4.73. The molecule has 98 valence electrons. The van der Waals surface area contributed by atoms with Crippen LogP contribution in [0.25, 0.3) is 0 Å². The molecular formula is C15H22N2O. The van der Waals surface area contributed by atoms with Crippen molar-refractivity contribution < 1.29 is 4.79 Å². The minimum atomic E-state index is -0.191. The quantitative estimate of drug-likeness (QED) is 0.869. The highest BCUT2D eigenvalue weighted by atomic mass is 16.2. The lowest BCUT2D eigenvalue weighted by molar-refractivity contribution is -0.131. The van der Waals surface area contributed by atoms with Gasteiger partial charge in [-0.3, -0.25) is 10.1 Å². The Kier molecular flexibility index (Phi) is 3.44. The van der Waals surface area contributed by atoms with Crippen LogP contribution in [0.2, 0.25) is 0 Å². The lowest BCUT2D eigenvalue weighted by Crippen LogP contribution is -2.40. The summed E-state index contributed by atoms with van der Waals surface area (Å²) >= 11 is 0. The first-order valence-electron chi connectivity index (χ1n) is 6.50. The Bertz CT molecular complexity index is 422. The van der Waals surface area contributed by atoms with Crippen LogP contribution in [0, 0.1) is 5.41 Å². The highest BCUT2D eigenvalue weighted by molar-refractivity contribution is 5.85. The first-order chi connectivity index (χ1) is 8.38. The van der Waals surface area contributed by atoms with Crippen LogP contribution in [0.5, 0.6) is 0 Å². The Hall–Kier alpha value is -1.35. The maximum atomic E-state index is 12.5. The van der Waals surface area contributed by atoms with Crippen molar-refractivity contribution in [3.05, 3.63) is 35.9 Å². The van der Waals surface area contributed by atoms with Gasteiger partial charge in [-0.1, -0.05) is 51.1 Å². The molecule has 1 amide bonds. The molecule has 18 heavy (non-hydrogen) atoms. The summed E-state index contributed by atoms with van der Waals surface area (Å²) in [5.41, 5.74) is 1.17. The zero-order valence-electron chi connectivity index (χ0n) is 11.6. The molecule has 2 atom stereocenters. The average Bonchev–Trinajstić information content (AvgIpc) is 2.56. The fourth-order valence-corrected chi connectivity index (χ4v) is 2.37. The van der Waals surface area contributed by atoms with Crippen LogP contribution < -0.4 is 5.32 Å². The van der Waals surface area contributed by atoms with Crippen molar-refractivity contribution in [2.24, 2.45) is 5.41 Å². The first kappa shape index (κ1) is 13.1. The van der Waals surface area contributed by atoms with E-state index < -0.39 is 0 Å². The van der Waals surface area contributed by atoms with Gasteiger partial charge in [-0.05, 0) is 17.9 Å². The summed E-state index contributed by atoms with van der Waals surface area (Å²) in [6.07, 6.45) is 0.0990. The molecular weight excluding hydrogens is 224 g/mol. The Morgan fingerprint density at radius 3 is 2.39 bits per heavy atom. The fraction of sp³-hybridized carbons (Fsp3) is 0.533. The minimum absolute atomic E-state index is 0.0990. The third kappa shape index (κ3) is 2.72. The largest absolute Gasteiger partial charge is 0.325 e. The topological polar surface area (TPSA) is 32.3 Å². The Morgan fingerprint density at radius 2 is 1.83 bits per heavy atom. The smallest absolute Gasteiger partial charge is 0.245 e. The van der Waals surface area contributed by atoms with Crippen LogP contribution in [0.1, 0.15) is 39.3 Å². The van der Waals surface area contributed by atoms with E-state index in [1.807, 2.05) is 42.2 Å². The van der Waals surface area contributed by atoms with Gasteiger partial charge < -0.3 is 4.90 Å². The lowest BCUT2D eigenvalue weighted by atomic mass is 9.95. The lowest BCUT2D eigenvalue weighted by Gasteiger charge is -2.29. The van der Waals surface area contributed by atoms with E-state index in [0.717, 1.165) is 12.1 Å². The van der Waals surface area contributed by atoms with E-state index in [4.69, 9.17) is 0 Å². The summed E-state index contributed by atoms with van der Waals surface area (Å²) in [6, 6.07) is 9.73. The summed E-state index contributed by atoms with van der Waals surface area (Å²) in [6.45, 7) is 9.30. The van der Waals surface area contributed by atoms with E-state index in [-0.39, 0.29) is 23.5 Å². The number of rotatable bonds is 2. The van der Waals surface area contributed by atoms with Gasteiger partial charge in [0.25, 0.3) is 0 Å². The van der Waals surface area contributed by atoms with Crippen LogP contribution in [0.15, 0.2) is 30.3 Å². The second-order valence-electron chi connectivity index (χ2n) is 6.21. The Balaban J connectivity index is 2.17. The molecule has 1 aromatic carbocycles. The van der Waals surface area contributed by atoms with Crippen LogP contribution >= 0.6 is 0 Å². The van der Waals surface area contributed by atoms with Gasteiger partial charge in [0.05, 0.1) is 6.17 Å². The maximum absolute atomic E-state index is 12.5. The number of carbonyl (C=O) groups is 1. The third-order valence-corrected chi connectivity index (χ3v) is 3.18. The Labute approximate surface area is 109 Å². The summed E-state index contributed by atoms with van der Waals surface area (Å²) < 4.78 is 0. The van der Waals surface area contributed by atoms with Crippen molar-refractivity contribution in [3.8, 4) is 0 Å². The molecule has 1 saturated heterocycles. The van der Waals surface area contributed by atoms with E-state index in [1.54, 1.807) is 0 Å². The molecule has 0 spiro atoms. The number of carbonyl (C=O) groups excluding carboxylic acids is 1. The van der Waals surface area contributed by atoms with Crippen LogP contribution in [-0.2, 0) is 4.79 Å². The molecule has 1 fully saturated rings. The molecule has 1 aliphatic rings. The van der Waals surface area contributed by atoms with E-state index in [2.05, 4.69) is 26.1 Å². The van der Waals surface area contributed by atoms with Crippen molar-refractivity contribution in [2.75, 3.05) is 6.54 Å². The number of nitrogens with zero attached hydrogens (tertiary/aromatic N) is 1. The molecule has 3 nitrogen and oxygen atoms in total. The zero-order chi connectivity index (χ0) is 13.3. The van der Waals surface area contributed by atoms with Gasteiger partial charge in [-0.15, -0.1) is 0 Å². The molecule has 2 rings (SSSR count). The number of amides is 1. The molecule has 1 heterocycles. The molecule has 2 unspecified atom stereocenters. The van der Waals surface area contributed by atoms with E-state index in [0.29, 0.717) is 0 Å². The predicted octanol–water partition coefficient (Wildman–Crippen LogP) is 2.55. The van der Waals surface area contributed by atoms with Crippen molar-refractivity contribution in [3.63, 3.8) is 0 Å². The van der Waals surface area contributed by atoms with Gasteiger partial charge in [-0.25, -0.2) is 0 Å². The molecule has 1 N–H and O–H groups in total. The number of benzene rings is 1. The minimum Gasteiger partial charge on any atom is -0.325 e. The van der Waals surface area contributed by atoms with Gasteiger partial charge in [0.15, 0.2) is 0 Å². The average molecular weight is 246 g/mol. The molecule has 0 saturated carbocycles. The predicted molar refractivity (Wildman–Crippen MR) is 72.9 cm³/mol. The van der Waals surface area contributed by atoms with Gasteiger partial charge in [0.2, 0.25) is 5.91 Å². The standard InChI is InChI=1S/C15H22N2O/c1-11-16-13(12-8-6-5-7-9-12)14(18)17(11)10-15(2,3)4/h5-9,11,13,16H,10H2,1-4H3. The van der Waals surface area contributed by atoms with Crippen LogP contribution in [0.3, 0.4) is 0 Å². The van der Waals surface area contributed by atoms with Crippen molar-refractivity contribution in [1.29, 1.82) is 0 Å². The number of nitrogens with one attached hydrogen (secondary N) is 1. The highest BCUT2D eigenvalue weighted by Crippen LogP contribution is 2.27. The van der Waals surface area contributed by atoms with Gasteiger partial charge in [0.1, 0.15) is 6.04 Å². The number of hydrogen-bond acceptors (Lipinski definition) is 2. The highest BCUT2D eigenvalue weighted by Gasteiger charge is 2.38. The first-order valence-corrected chi connectivity index (χ1v) is 6.50. The molecule has 0 aromatic heterocycles. The van der Waals surface area contributed by atoms with Gasteiger partial charge >= 0.3 is 0 Å².